The molecule has 9 heteroatoms. The summed E-state index contributed by atoms with van der Waals surface area (Å²) in [6, 6.07) is 6.10. The van der Waals surface area contributed by atoms with Crippen LogP contribution in [0.4, 0.5) is 5.69 Å². The van der Waals surface area contributed by atoms with E-state index < -0.39 is 10.9 Å². The number of nitrogens with zero attached hydrogens (tertiary/aromatic N) is 5. The van der Waals surface area contributed by atoms with Gasteiger partial charge in [0.1, 0.15) is 6.33 Å². The van der Waals surface area contributed by atoms with Gasteiger partial charge in [-0.2, -0.15) is 0 Å². The molecule has 1 aromatic carbocycles. The minimum Gasteiger partial charge on any atom is -0.466 e. The molecular weight excluding hydrogens is 278 g/mol. The molecule has 0 amide bonds. The molecular formula is C12H11N5O4. The second-order valence-electron chi connectivity index (χ2n) is 3.98. The van der Waals surface area contributed by atoms with Gasteiger partial charge >= 0.3 is 5.97 Å². The van der Waals surface area contributed by atoms with Crippen LogP contribution in [0.25, 0.3) is 6.08 Å². The van der Waals surface area contributed by atoms with Gasteiger partial charge in [-0.15, -0.1) is 5.10 Å². The fraction of sp³-hybridized carbons (Fsp3) is 0.167. The van der Waals surface area contributed by atoms with Crippen molar-refractivity contribution < 1.29 is 14.5 Å². The minimum atomic E-state index is -0.608. The van der Waals surface area contributed by atoms with Crippen molar-refractivity contribution in [1.82, 2.24) is 20.2 Å². The average Bonchev–Trinajstić information content (AvgIpc) is 2.99. The summed E-state index contributed by atoms with van der Waals surface area (Å²) < 4.78 is 5.99. The number of benzene rings is 1. The molecule has 0 unspecified atom stereocenters. The summed E-state index contributed by atoms with van der Waals surface area (Å²) in [6.07, 6.45) is 2.72. The first-order chi connectivity index (χ1) is 10.1. The fourth-order valence-electron chi connectivity index (χ4n) is 1.69. The van der Waals surface area contributed by atoms with E-state index in [1.54, 1.807) is 18.2 Å². The molecule has 9 nitrogen and oxygen atoms in total. The number of carbonyl (C=O) groups excluding carboxylic acids is 1. The number of nitro groups is 1. The van der Waals surface area contributed by atoms with Crippen LogP contribution in [0.2, 0.25) is 0 Å². The topological polar surface area (TPSA) is 113 Å². The van der Waals surface area contributed by atoms with Crippen LogP contribution in [0.3, 0.4) is 0 Å². The van der Waals surface area contributed by atoms with Gasteiger partial charge < -0.3 is 4.74 Å². The van der Waals surface area contributed by atoms with Crippen LogP contribution in [0.15, 0.2) is 36.2 Å². The maximum absolute atomic E-state index is 11.8. The Morgan fingerprint density at radius 2 is 2.24 bits per heavy atom. The average molecular weight is 289 g/mol. The predicted molar refractivity (Wildman–Crippen MR) is 70.9 cm³/mol. The van der Waals surface area contributed by atoms with Gasteiger partial charge in [0, 0.05) is 6.07 Å². The maximum atomic E-state index is 11.8. The number of nitro benzene ring substituents is 1. The Labute approximate surface area is 119 Å². The van der Waals surface area contributed by atoms with Gasteiger partial charge in [-0.1, -0.05) is 12.1 Å². The molecule has 0 saturated carbocycles. The molecule has 1 aromatic heterocycles. The summed E-state index contributed by atoms with van der Waals surface area (Å²) in [5.41, 5.74) is 0.394. The van der Waals surface area contributed by atoms with E-state index in [1.165, 1.54) is 30.3 Å². The lowest BCUT2D eigenvalue weighted by Crippen LogP contribution is -2.12. The summed E-state index contributed by atoms with van der Waals surface area (Å²) in [4.78, 5) is 22.2. The lowest BCUT2D eigenvalue weighted by atomic mass is 10.1. The molecule has 0 radical (unpaired) electrons. The van der Waals surface area contributed by atoms with E-state index in [9.17, 15) is 14.9 Å². The van der Waals surface area contributed by atoms with E-state index in [-0.39, 0.29) is 17.8 Å². The van der Waals surface area contributed by atoms with Crippen LogP contribution in [0.5, 0.6) is 0 Å². The molecule has 0 fully saturated rings. The Hall–Kier alpha value is -3.10. The predicted octanol–water partition coefficient (Wildman–Crippen LogP) is 0.838. The van der Waals surface area contributed by atoms with Crippen molar-refractivity contribution in [3.05, 3.63) is 51.8 Å². The van der Waals surface area contributed by atoms with Crippen molar-refractivity contribution in [2.45, 2.75) is 6.54 Å². The number of tetrazole rings is 1. The third-order valence-corrected chi connectivity index (χ3v) is 2.63. The fourth-order valence-corrected chi connectivity index (χ4v) is 1.69. The van der Waals surface area contributed by atoms with E-state index >= 15 is 0 Å². The van der Waals surface area contributed by atoms with Gasteiger partial charge in [0.15, 0.2) is 0 Å². The zero-order chi connectivity index (χ0) is 15.2. The zero-order valence-corrected chi connectivity index (χ0v) is 11.0. The molecule has 0 aliphatic heterocycles. The quantitative estimate of drug-likeness (QED) is 0.347. The summed E-state index contributed by atoms with van der Waals surface area (Å²) >= 11 is 0. The second-order valence-corrected chi connectivity index (χ2v) is 3.98. The van der Waals surface area contributed by atoms with E-state index in [0.717, 1.165) is 0 Å². The molecule has 0 spiro atoms. The third-order valence-electron chi connectivity index (χ3n) is 2.63. The first-order valence-electron chi connectivity index (χ1n) is 5.85. The molecule has 0 aliphatic carbocycles. The molecule has 1 heterocycles. The van der Waals surface area contributed by atoms with Crippen molar-refractivity contribution in [3.63, 3.8) is 0 Å². The van der Waals surface area contributed by atoms with Crippen molar-refractivity contribution in [2.75, 3.05) is 7.11 Å². The highest BCUT2D eigenvalue weighted by Gasteiger charge is 2.16. The van der Waals surface area contributed by atoms with Crippen LogP contribution < -0.4 is 0 Å². The zero-order valence-electron chi connectivity index (χ0n) is 11.0. The number of ether oxygens (including phenoxy) is 1. The number of hydrogen-bond acceptors (Lipinski definition) is 7. The van der Waals surface area contributed by atoms with Crippen molar-refractivity contribution in [1.29, 1.82) is 0 Å². The lowest BCUT2D eigenvalue weighted by Gasteiger charge is -2.05. The van der Waals surface area contributed by atoms with E-state index in [2.05, 4.69) is 20.3 Å². The number of carbonyl (C=O) groups is 1. The Balaban J connectivity index is 2.41. The highest BCUT2D eigenvalue weighted by Crippen LogP contribution is 2.21. The van der Waals surface area contributed by atoms with E-state index in [4.69, 9.17) is 0 Å². The number of rotatable bonds is 5. The monoisotopic (exact) mass is 289 g/mol. The lowest BCUT2D eigenvalue weighted by molar-refractivity contribution is -0.385. The van der Waals surface area contributed by atoms with Crippen molar-refractivity contribution >= 4 is 17.7 Å². The van der Waals surface area contributed by atoms with E-state index in [1.807, 2.05) is 0 Å². The molecule has 0 aliphatic rings. The number of aromatic nitrogens is 4. The highest BCUT2D eigenvalue weighted by atomic mass is 16.6. The Kier molecular flexibility index (Phi) is 4.34. The molecule has 0 bridgehead atoms. The molecule has 0 atom stereocenters. The van der Waals surface area contributed by atoms with Gasteiger partial charge in [-0.25, -0.2) is 9.48 Å². The van der Waals surface area contributed by atoms with Crippen LogP contribution in [-0.2, 0) is 16.1 Å². The largest absolute Gasteiger partial charge is 0.466 e. The van der Waals surface area contributed by atoms with Gasteiger partial charge in [0.2, 0.25) is 0 Å². The molecule has 2 aromatic rings. The standard InChI is InChI=1S/C12H11N5O4/c1-21-12(18)10(7-16-8-13-14-15-16)6-9-4-2-3-5-11(9)17(19)20/h2-6,8H,7H2,1H3/b10-6+. The Morgan fingerprint density at radius 1 is 1.48 bits per heavy atom. The molecule has 0 N–H and O–H groups in total. The van der Waals surface area contributed by atoms with Gasteiger partial charge in [-0.3, -0.25) is 10.1 Å². The Morgan fingerprint density at radius 3 is 2.86 bits per heavy atom. The van der Waals surface area contributed by atoms with Gasteiger partial charge in [0.05, 0.1) is 29.7 Å². The summed E-state index contributed by atoms with van der Waals surface area (Å²) in [5, 5.41) is 21.5. The highest BCUT2D eigenvalue weighted by molar-refractivity contribution is 5.94. The van der Waals surface area contributed by atoms with Crippen molar-refractivity contribution in [2.24, 2.45) is 0 Å². The molecule has 21 heavy (non-hydrogen) atoms. The van der Waals surface area contributed by atoms with Crippen molar-refractivity contribution in [3.8, 4) is 0 Å². The molecule has 0 saturated heterocycles. The van der Waals surface area contributed by atoms with Crippen LogP contribution in [0.1, 0.15) is 5.56 Å². The second kappa shape index (κ2) is 6.37. The Bertz CT molecular complexity index is 681. The van der Waals surface area contributed by atoms with Crippen LogP contribution in [-0.4, -0.2) is 38.2 Å². The minimum absolute atomic E-state index is 0.0473. The number of hydrogen-bond donors (Lipinski definition) is 0. The first kappa shape index (κ1) is 14.3. The van der Waals surface area contributed by atoms with E-state index in [0.29, 0.717) is 5.56 Å². The normalized spacial score (nSPS) is 11.2. The summed E-state index contributed by atoms with van der Waals surface area (Å²) in [5.74, 6) is -0.608. The SMILES string of the molecule is COC(=O)/C(=C/c1ccccc1[N+](=O)[O-])Cn1cnnn1. The smallest absolute Gasteiger partial charge is 0.335 e. The first-order valence-corrected chi connectivity index (χ1v) is 5.85. The number of methoxy groups -OCH3 is 1. The van der Waals surface area contributed by atoms with Gasteiger partial charge in [0.25, 0.3) is 5.69 Å². The summed E-state index contributed by atoms with van der Waals surface area (Å²) in [6.45, 7) is 0.0473. The number of para-hydroxylation sites is 1. The number of esters is 1. The third kappa shape index (κ3) is 3.47. The molecule has 2 rings (SSSR count). The van der Waals surface area contributed by atoms with Crippen LogP contribution in [0, 0.1) is 10.1 Å². The summed E-state index contributed by atoms with van der Waals surface area (Å²) in [7, 11) is 1.23. The van der Waals surface area contributed by atoms with Crippen LogP contribution >= 0.6 is 0 Å². The van der Waals surface area contributed by atoms with Gasteiger partial charge in [-0.05, 0) is 22.6 Å². The maximum Gasteiger partial charge on any atom is 0.335 e. The molecule has 108 valence electrons.